The first kappa shape index (κ1) is 9.59. The molecule has 2 N–H and O–H groups in total. The van der Waals surface area contributed by atoms with Crippen molar-refractivity contribution in [1.29, 1.82) is 0 Å². The first-order valence-electron chi connectivity index (χ1n) is 3.98. The summed E-state index contributed by atoms with van der Waals surface area (Å²) in [7, 11) is -3.64. The average molecular weight is 225 g/mol. The lowest BCUT2D eigenvalue weighted by Crippen LogP contribution is -2.14. The molecule has 0 bridgehead atoms. The molecule has 0 saturated heterocycles. The van der Waals surface area contributed by atoms with E-state index >= 15 is 0 Å². The third kappa shape index (κ3) is 2.10. The lowest BCUT2D eigenvalue weighted by Gasteiger charge is -2.02. The molecule has 0 atom stereocenters. The third-order valence-electron chi connectivity index (χ3n) is 1.58. The first-order chi connectivity index (χ1) is 7.18. The highest BCUT2D eigenvalue weighted by Gasteiger charge is 2.15. The summed E-state index contributed by atoms with van der Waals surface area (Å²) in [5, 5.41) is 13.0. The first-order valence-corrected chi connectivity index (χ1v) is 5.47. The van der Waals surface area contributed by atoms with Gasteiger partial charge in [0.2, 0.25) is 0 Å². The highest BCUT2D eigenvalue weighted by Crippen LogP contribution is 2.09. The van der Waals surface area contributed by atoms with Gasteiger partial charge in [-0.2, -0.15) is 18.6 Å². The van der Waals surface area contributed by atoms with Gasteiger partial charge in [0.05, 0.1) is 6.20 Å². The fourth-order valence-electron chi connectivity index (χ4n) is 0.941. The molecule has 0 saturated carbocycles. The second-order valence-corrected chi connectivity index (χ2v) is 4.29. The van der Waals surface area contributed by atoms with E-state index in [1.165, 1.54) is 24.5 Å². The second-order valence-electron chi connectivity index (χ2n) is 2.64. The zero-order valence-electron chi connectivity index (χ0n) is 7.45. The zero-order valence-corrected chi connectivity index (χ0v) is 8.27. The Hall–Kier alpha value is -1.96. The topological polar surface area (TPSA) is 101 Å². The molecule has 8 heteroatoms. The van der Waals surface area contributed by atoms with Gasteiger partial charge in [-0.3, -0.25) is 9.82 Å². The normalized spacial score (nSPS) is 11.2. The summed E-state index contributed by atoms with van der Waals surface area (Å²) in [6.07, 6.45) is 2.80. The fraction of sp³-hybridized carbons (Fsp3) is 0. The predicted octanol–water partition coefficient (Wildman–Crippen LogP) is 0.000500. The SMILES string of the molecule is O=S(=O)(Nc1cccnn1)c1ccn[nH]1. The van der Waals surface area contributed by atoms with Gasteiger partial charge < -0.3 is 0 Å². The molecule has 0 fully saturated rings. The number of sulfonamides is 1. The molecule has 2 aromatic heterocycles. The van der Waals surface area contributed by atoms with Gasteiger partial charge in [0.1, 0.15) is 0 Å². The molecule has 0 aliphatic heterocycles. The molecule has 0 amide bonds. The van der Waals surface area contributed by atoms with Gasteiger partial charge in [0.25, 0.3) is 10.0 Å². The molecule has 0 unspecified atom stereocenters. The Balaban J connectivity index is 2.27. The Morgan fingerprint density at radius 2 is 2.13 bits per heavy atom. The van der Waals surface area contributed by atoms with Crippen LogP contribution in [0, 0.1) is 0 Å². The molecule has 7 nitrogen and oxygen atoms in total. The molecule has 2 heterocycles. The van der Waals surface area contributed by atoms with Gasteiger partial charge in [0.15, 0.2) is 10.8 Å². The minimum absolute atomic E-state index is 0.0202. The summed E-state index contributed by atoms with van der Waals surface area (Å²) in [6, 6.07) is 4.43. The molecule has 15 heavy (non-hydrogen) atoms. The fourth-order valence-corrected chi connectivity index (χ4v) is 1.85. The Morgan fingerprint density at radius 1 is 1.27 bits per heavy atom. The number of nitrogens with zero attached hydrogens (tertiary/aromatic N) is 3. The minimum atomic E-state index is -3.64. The minimum Gasteiger partial charge on any atom is -0.266 e. The number of aromatic nitrogens is 4. The molecule has 0 spiro atoms. The average Bonchev–Trinajstić information content (AvgIpc) is 2.71. The van der Waals surface area contributed by atoms with Crippen molar-refractivity contribution in [3.05, 3.63) is 30.6 Å². The van der Waals surface area contributed by atoms with E-state index in [1.807, 2.05) is 0 Å². The van der Waals surface area contributed by atoms with Crippen LogP contribution in [0.25, 0.3) is 0 Å². The molecular formula is C7H7N5O2S. The highest BCUT2D eigenvalue weighted by molar-refractivity contribution is 7.92. The van der Waals surface area contributed by atoms with Gasteiger partial charge >= 0.3 is 0 Å². The van der Waals surface area contributed by atoms with E-state index in [0.29, 0.717) is 0 Å². The molecular weight excluding hydrogens is 218 g/mol. The number of anilines is 1. The van der Waals surface area contributed by atoms with Crippen LogP contribution in [0.5, 0.6) is 0 Å². The summed E-state index contributed by atoms with van der Waals surface area (Å²) >= 11 is 0. The Morgan fingerprint density at radius 3 is 2.73 bits per heavy atom. The molecule has 0 aliphatic rings. The van der Waals surface area contributed by atoms with E-state index in [4.69, 9.17) is 0 Å². The van der Waals surface area contributed by atoms with Crippen molar-refractivity contribution in [1.82, 2.24) is 20.4 Å². The maximum absolute atomic E-state index is 11.6. The standard InChI is InChI=1S/C7H7N5O2S/c13-15(14,7-3-5-9-11-7)12-6-2-1-4-8-10-6/h1-5H,(H,9,11)(H,10,12). The van der Waals surface area contributed by atoms with Crippen molar-refractivity contribution in [2.24, 2.45) is 0 Å². The van der Waals surface area contributed by atoms with Crippen molar-refractivity contribution >= 4 is 15.8 Å². The van der Waals surface area contributed by atoms with E-state index in [1.54, 1.807) is 6.07 Å². The van der Waals surface area contributed by atoms with Crippen molar-refractivity contribution in [3.63, 3.8) is 0 Å². The van der Waals surface area contributed by atoms with Gasteiger partial charge in [-0.05, 0) is 18.2 Å². The lowest BCUT2D eigenvalue weighted by atomic mass is 10.6. The maximum Gasteiger partial charge on any atom is 0.280 e. The van der Waals surface area contributed by atoms with Crippen LogP contribution in [-0.2, 0) is 10.0 Å². The van der Waals surface area contributed by atoms with Crippen molar-refractivity contribution < 1.29 is 8.42 Å². The number of nitrogens with one attached hydrogen (secondary N) is 2. The second kappa shape index (κ2) is 3.65. The zero-order chi connectivity index (χ0) is 10.7. The number of aromatic amines is 1. The largest absolute Gasteiger partial charge is 0.280 e. The number of H-pyrrole nitrogens is 1. The Labute approximate surface area is 85.6 Å². The van der Waals surface area contributed by atoms with Crippen LogP contribution in [0.4, 0.5) is 5.82 Å². The smallest absolute Gasteiger partial charge is 0.266 e. The van der Waals surface area contributed by atoms with Crippen LogP contribution >= 0.6 is 0 Å². The molecule has 0 radical (unpaired) electrons. The van der Waals surface area contributed by atoms with Crippen molar-refractivity contribution in [2.45, 2.75) is 5.03 Å². The number of hydrogen-bond acceptors (Lipinski definition) is 5. The summed E-state index contributed by atoms with van der Waals surface area (Å²) in [4.78, 5) is 0. The Bertz CT molecular complexity index is 522. The van der Waals surface area contributed by atoms with E-state index < -0.39 is 10.0 Å². The highest BCUT2D eigenvalue weighted by atomic mass is 32.2. The quantitative estimate of drug-likeness (QED) is 0.765. The van der Waals surface area contributed by atoms with E-state index in [9.17, 15) is 8.42 Å². The van der Waals surface area contributed by atoms with E-state index in [0.717, 1.165) is 0 Å². The predicted molar refractivity (Wildman–Crippen MR) is 51.4 cm³/mol. The van der Waals surface area contributed by atoms with Gasteiger partial charge in [0, 0.05) is 6.20 Å². The van der Waals surface area contributed by atoms with Crippen LogP contribution in [-0.4, -0.2) is 28.8 Å². The van der Waals surface area contributed by atoms with Crippen LogP contribution in [0.15, 0.2) is 35.6 Å². The molecule has 2 aromatic rings. The van der Waals surface area contributed by atoms with Crippen molar-refractivity contribution in [3.8, 4) is 0 Å². The van der Waals surface area contributed by atoms with E-state index in [2.05, 4.69) is 25.1 Å². The van der Waals surface area contributed by atoms with Crippen LogP contribution in [0.2, 0.25) is 0 Å². The van der Waals surface area contributed by atoms with Crippen molar-refractivity contribution in [2.75, 3.05) is 4.72 Å². The summed E-state index contributed by atoms with van der Waals surface area (Å²) < 4.78 is 25.5. The monoisotopic (exact) mass is 225 g/mol. The molecule has 78 valence electrons. The van der Waals surface area contributed by atoms with Crippen LogP contribution < -0.4 is 4.72 Å². The van der Waals surface area contributed by atoms with E-state index in [-0.39, 0.29) is 10.8 Å². The van der Waals surface area contributed by atoms with Gasteiger partial charge in [-0.15, -0.1) is 5.10 Å². The van der Waals surface area contributed by atoms with Gasteiger partial charge in [-0.25, -0.2) is 0 Å². The number of rotatable bonds is 3. The third-order valence-corrected chi connectivity index (χ3v) is 2.86. The van der Waals surface area contributed by atoms with Crippen LogP contribution in [0.3, 0.4) is 0 Å². The summed E-state index contributed by atoms with van der Waals surface area (Å²) in [6.45, 7) is 0. The van der Waals surface area contributed by atoms with Gasteiger partial charge in [-0.1, -0.05) is 0 Å². The number of hydrogen-bond donors (Lipinski definition) is 2. The van der Waals surface area contributed by atoms with Crippen LogP contribution in [0.1, 0.15) is 0 Å². The lowest BCUT2D eigenvalue weighted by molar-refractivity contribution is 0.597. The maximum atomic E-state index is 11.6. The molecule has 0 aromatic carbocycles. The molecule has 0 aliphatic carbocycles. The summed E-state index contributed by atoms with van der Waals surface area (Å²) in [5.74, 6) is 0.159. The summed E-state index contributed by atoms with van der Waals surface area (Å²) in [5.41, 5.74) is 0. The Kier molecular flexibility index (Phi) is 2.34. The molecule has 2 rings (SSSR count).